The van der Waals surface area contributed by atoms with Gasteiger partial charge < -0.3 is 9.47 Å². The van der Waals surface area contributed by atoms with Gasteiger partial charge >= 0.3 is 6.18 Å². The summed E-state index contributed by atoms with van der Waals surface area (Å²) in [6.45, 7) is 1.38. The molecule has 1 aromatic carbocycles. The molecule has 0 aliphatic heterocycles. The average Bonchev–Trinajstić information content (AvgIpc) is 2.65. The van der Waals surface area contributed by atoms with Gasteiger partial charge in [0.05, 0.1) is 11.0 Å². The minimum Gasteiger partial charge on any atom is -0.323 e. The quantitative estimate of drug-likeness (QED) is 0.799. The molecule has 0 unspecified atom stereocenters. The van der Waals surface area contributed by atoms with E-state index in [1.807, 2.05) is 0 Å². The van der Waals surface area contributed by atoms with Crippen molar-refractivity contribution >= 4 is 22.6 Å². The molecule has 102 valence electrons. The van der Waals surface area contributed by atoms with Gasteiger partial charge in [0, 0.05) is 26.7 Å². The van der Waals surface area contributed by atoms with E-state index in [1.165, 1.54) is 31.0 Å². The number of fused-ring (bicyclic) bond motifs is 1. The maximum atomic E-state index is 12.7. The summed E-state index contributed by atoms with van der Waals surface area (Å²) in [7, 11) is 2.86. The van der Waals surface area contributed by atoms with Crippen LogP contribution in [0.1, 0.15) is 12.7 Å². The highest BCUT2D eigenvalue weighted by Gasteiger charge is 2.36. The van der Waals surface area contributed by atoms with Gasteiger partial charge in [0.25, 0.3) is 0 Å². The maximum Gasteiger partial charge on any atom is 0.449 e. The first-order valence-corrected chi connectivity index (χ1v) is 5.50. The van der Waals surface area contributed by atoms with Crippen LogP contribution >= 0.6 is 0 Å². The molecular formula is C12H12F3N3O. The van der Waals surface area contributed by atoms with Crippen LogP contribution in [0.3, 0.4) is 0 Å². The number of nitrogens with zero attached hydrogens (tertiary/aromatic N) is 3. The van der Waals surface area contributed by atoms with E-state index < -0.39 is 12.0 Å². The lowest BCUT2D eigenvalue weighted by atomic mass is 10.2. The van der Waals surface area contributed by atoms with Crippen molar-refractivity contribution < 1.29 is 18.0 Å². The summed E-state index contributed by atoms with van der Waals surface area (Å²) in [6, 6.07) is 4.57. The predicted octanol–water partition coefficient (Wildman–Crippen LogP) is 2.57. The van der Waals surface area contributed by atoms with Gasteiger partial charge in [-0.1, -0.05) is 0 Å². The molecule has 0 aliphatic rings. The van der Waals surface area contributed by atoms with Gasteiger partial charge in [-0.25, -0.2) is 4.98 Å². The number of aryl methyl sites for hydroxylation is 1. The molecular weight excluding hydrogens is 259 g/mol. The van der Waals surface area contributed by atoms with Crippen LogP contribution < -0.4 is 4.90 Å². The van der Waals surface area contributed by atoms with E-state index in [9.17, 15) is 18.0 Å². The van der Waals surface area contributed by atoms with Crippen LogP contribution in [-0.4, -0.2) is 22.5 Å². The van der Waals surface area contributed by atoms with Gasteiger partial charge in [-0.15, -0.1) is 0 Å². The van der Waals surface area contributed by atoms with Crippen molar-refractivity contribution in [1.29, 1.82) is 0 Å². The molecule has 0 spiro atoms. The van der Waals surface area contributed by atoms with Gasteiger partial charge in [-0.3, -0.25) is 4.79 Å². The van der Waals surface area contributed by atoms with E-state index in [1.54, 1.807) is 13.1 Å². The summed E-state index contributed by atoms with van der Waals surface area (Å²) in [5, 5.41) is 0. The highest BCUT2D eigenvalue weighted by atomic mass is 19.4. The Balaban J connectivity index is 2.59. The molecule has 0 aliphatic carbocycles. The first-order chi connectivity index (χ1) is 8.71. The van der Waals surface area contributed by atoms with Crippen molar-refractivity contribution in [3.05, 3.63) is 24.0 Å². The van der Waals surface area contributed by atoms with Crippen LogP contribution in [0.15, 0.2) is 18.2 Å². The molecule has 2 aromatic rings. The van der Waals surface area contributed by atoms with E-state index >= 15 is 0 Å². The monoisotopic (exact) mass is 271 g/mol. The Morgan fingerprint density at radius 3 is 2.53 bits per heavy atom. The van der Waals surface area contributed by atoms with Gasteiger partial charge in [-0.05, 0) is 18.2 Å². The second kappa shape index (κ2) is 4.25. The summed E-state index contributed by atoms with van der Waals surface area (Å²) in [4.78, 5) is 16.2. The van der Waals surface area contributed by atoms with Crippen molar-refractivity contribution in [3.63, 3.8) is 0 Å². The molecule has 0 N–H and O–H groups in total. The summed E-state index contributed by atoms with van der Waals surface area (Å²) in [6.07, 6.45) is -4.50. The number of carbonyl (C=O) groups excluding carboxylic acids is 1. The molecule has 4 nitrogen and oxygen atoms in total. The number of rotatable bonds is 1. The minimum absolute atomic E-state index is 0.202. The standard InChI is InChI=1S/C12H12F3N3O/c1-7(19)17(2)8-4-5-10-9(6-8)16-11(18(10)3)12(13,14)15/h4-6H,1-3H3. The number of amides is 1. The molecule has 1 aromatic heterocycles. The largest absolute Gasteiger partial charge is 0.449 e. The summed E-state index contributed by atoms with van der Waals surface area (Å²) in [5.41, 5.74) is 1.08. The number of aromatic nitrogens is 2. The van der Waals surface area contributed by atoms with E-state index in [2.05, 4.69) is 4.98 Å². The van der Waals surface area contributed by atoms with Crippen molar-refractivity contribution in [2.24, 2.45) is 7.05 Å². The molecule has 1 heterocycles. The van der Waals surface area contributed by atoms with Crippen molar-refractivity contribution in [3.8, 4) is 0 Å². The van der Waals surface area contributed by atoms with E-state index in [-0.39, 0.29) is 11.4 Å². The number of benzene rings is 1. The van der Waals surface area contributed by atoms with Gasteiger partial charge in [0.15, 0.2) is 0 Å². The topological polar surface area (TPSA) is 38.1 Å². The van der Waals surface area contributed by atoms with Crippen LogP contribution in [0, 0.1) is 0 Å². The smallest absolute Gasteiger partial charge is 0.323 e. The fourth-order valence-electron chi connectivity index (χ4n) is 1.83. The molecule has 19 heavy (non-hydrogen) atoms. The zero-order chi connectivity index (χ0) is 14.4. The van der Waals surface area contributed by atoms with E-state index in [4.69, 9.17) is 0 Å². The molecule has 0 saturated heterocycles. The third kappa shape index (κ3) is 2.27. The lowest BCUT2D eigenvalue weighted by Crippen LogP contribution is -2.22. The molecule has 0 atom stereocenters. The number of hydrogen-bond acceptors (Lipinski definition) is 2. The SMILES string of the molecule is CC(=O)N(C)c1ccc2c(c1)nc(C(F)(F)F)n2C. The molecule has 0 fully saturated rings. The summed E-state index contributed by atoms with van der Waals surface area (Å²) in [5.74, 6) is -1.16. The Hall–Kier alpha value is -2.05. The first kappa shape index (κ1) is 13.4. The van der Waals surface area contributed by atoms with Crippen LogP contribution in [0.2, 0.25) is 0 Å². The Morgan fingerprint density at radius 2 is 2.00 bits per heavy atom. The predicted molar refractivity (Wildman–Crippen MR) is 64.8 cm³/mol. The van der Waals surface area contributed by atoms with E-state index in [0.29, 0.717) is 11.2 Å². The number of imidazole rings is 1. The van der Waals surface area contributed by atoms with Crippen molar-refractivity contribution in [2.45, 2.75) is 13.1 Å². The third-order valence-corrected chi connectivity index (χ3v) is 2.98. The minimum atomic E-state index is -4.50. The molecule has 0 radical (unpaired) electrons. The Kier molecular flexibility index (Phi) is 3.00. The molecule has 1 amide bonds. The lowest BCUT2D eigenvalue weighted by molar-refractivity contribution is -0.146. The zero-order valence-corrected chi connectivity index (χ0v) is 10.6. The van der Waals surface area contributed by atoms with Crippen LogP contribution in [0.25, 0.3) is 11.0 Å². The zero-order valence-electron chi connectivity index (χ0n) is 10.6. The molecule has 0 bridgehead atoms. The van der Waals surface area contributed by atoms with Crippen molar-refractivity contribution in [1.82, 2.24) is 9.55 Å². The Labute approximate surface area is 107 Å². The van der Waals surface area contributed by atoms with Crippen molar-refractivity contribution in [2.75, 3.05) is 11.9 Å². The fourth-order valence-corrected chi connectivity index (χ4v) is 1.83. The van der Waals surface area contributed by atoms with Gasteiger partial charge in [-0.2, -0.15) is 13.2 Å². The van der Waals surface area contributed by atoms with Crippen LogP contribution in [-0.2, 0) is 18.0 Å². The molecule has 7 heteroatoms. The number of alkyl halides is 3. The molecule has 2 rings (SSSR count). The van der Waals surface area contributed by atoms with Crippen LogP contribution in [0.4, 0.5) is 18.9 Å². The number of hydrogen-bond donors (Lipinski definition) is 0. The summed E-state index contributed by atoms with van der Waals surface area (Å²) >= 11 is 0. The van der Waals surface area contributed by atoms with E-state index in [0.717, 1.165) is 4.57 Å². The second-order valence-corrected chi connectivity index (χ2v) is 4.24. The summed E-state index contributed by atoms with van der Waals surface area (Å²) < 4.78 is 39.2. The highest BCUT2D eigenvalue weighted by molar-refractivity contribution is 5.93. The fraction of sp³-hybridized carbons (Fsp3) is 0.333. The van der Waals surface area contributed by atoms with Crippen LogP contribution in [0.5, 0.6) is 0 Å². The Morgan fingerprint density at radius 1 is 1.37 bits per heavy atom. The van der Waals surface area contributed by atoms with Gasteiger partial charge in [0.1, 0.15) is 0 Å². The van der Waals surface area contributed by atoms with Gasteiger partial charge in [0.2, 0.25) is 11.7 Å². The first-order valence-electron chi connectivity index (χ1n) is 5.50. The second-order valence-electron chi connectivity index (χ2n) is 4.24. The lowest BCUT2D eigenvalue weighted by Gasteiger charge is -2.14. The molecule has 0 saturated carbocycles. The number of halogens is 3. The number of anilines is 1. The number of carbonyl (C=O) groups is 1. The Bertz CT molecular complexity index is 645. The maximum absolute atomic E-state index is 12.7. The third-order valence-electron chi connectivity index (χ3n) is 2.98. The average molecular weight is 271 g/mol. The normalized spacial score (nSPS) is 11.9. The highest BCUT2D eigenvalue weighted by Crippen LogP contribution is 2.31.